The zero-order valence-corrected chi connectivity index (χ0v) is 16.4. The molecule has 6 nitrogen and oxygen atoms in total. The highest BCUT2D eigenvalue weighted by Crippen LogP contribution is 2.28. The van der Waals surface area contributed by atoms with Gasteiger partial charge in [-0.2, -0.15) is 0 Å². The van der Waals surface area contributed by atoms with E-state index >= 15 is 0 Å². The van der Waals surface area contributed by atoms with Crippen molar-refractivity contribution in [2.45, 2.75) is 11.4 Å². The van der Waals surface area contributed by atoms with Crippen LogP contribution in [0.25, 0.3) is 0 Å². The summed E-state index contributed by atoms with van der Waals surface area (Å²) in [6.45, 7) is 0.277. The number of benzene rings is 2. The van der Waals surface area contributed by atoms with Gasteiger partial charge in [0.05, 0.1) is 9.92 Å². The van der Waals surface area contributed by atoms with E-state index in [1.807, 2.05) is 30.3 Å². The molecule has 0 radical (unpaired) electrons. The van der Waals surface area contributed by atoms with Crippen LogP contribution in [0.2, 0.25) is 5.02 Å². The molecule has 0 bridgehead atoms. The van der Waals surface area contributed by atoms with Gasteiger partial charge in [-0.15, -0.1) is 0 Å². The maximum Gasteiger partial charge on any atom is 0.260 e. The summed E-state index contributed by atoms with van der Waals surface area (Å²) in [6.07, 6.45) is 0. The van der Waals surface area contributed by atoms with Gasteiger partial charge in [-0.05, 0) is 23.8 Å². The molecule has 2 aromatic carbocycles. The van der Waals surface area contributed by atoms with Crippen LogP contribution in [0.5, 0.6) is 5.75 Å². The van der Waals surface area contributed by atoms with E-state index in [4.69, 9.17) is 16.3 Å². The maximum absolute atomic E-state index is 12.2. The van der Waals surface area contributed by atoms with Gasteiger partial charge in [0.25, 0.3) is 5.91 Å². The van der Waals surface area contributed by atoms with Gasteiger partial charge in [-0.1, -0.05) is 41.9 Å². The molecule has 2 aromatic rings. The standard InChI is InChI=1S/C18H21ClN2O4S/c1-20(2)26(23,24)15-9-10-17(16(19)11-15)25-13-18(22)21(3)12-14-7-5-4-6-8-14/h4-11H,12-13H2,1-3H3. The zero-order valence-electron chi connectivity index (χ0n) is 14.8. The fourth-order valence-corrected chi connectivity index (χ4v) is 3.39. The van der Waals surface area contributed by atoms with Gasteiger partial charge in [0.2, 0.25) is 10.0 Å². The third-order valence-corrected chi connectivity index (χ3v) is 5.83. The van der Waals surface area contributed by atoms with Gasteiger partial charge in [-0.3, -0.25) is 4.79 Å². The van der Waals surface area contributed by atoms with Crippen LogP contribution in [0.3, 0.4) is 0 Å². The number of rotatable bonds is 7. The molecular formula is C18H21ClN2O4S. The number of nitrogens with zero attached hydrogens (tertiary/aromatic N) is 2. The van der Waals surface area contributed by atoms with E-state index < -0.39 is 10.0 Å². The van der Waals surface area contributed by atoms with Gasteiger partial charge in [-0.25, -0.2) is 12.7 Å². The van der Waals surface area contributed by atoms with E-state index in [1.165, 1.54) is 32.3 Å². The molecule has 0 aliphatic carbocycles. The topological polar surface area (TPSA) is 66.9 Å². The predicted molar refractivity (Wildman–Crippen MR) is 101 cm³/mol. The fourth-order valence-electron chi connectivity index (χ4n) is 2.17. The lowest BCUT2D eigenvalue weighted by molar-refractivity contribution is -0.132. The Morgan fingerprint density at radius 2 is 1.73 bits per heavy atom. The number of likely N-dealkylation sites (N-methyl/N-ethyl adjacent to an activating group) is 1. The van der Waals surface area contributed by atoms with Crippen molar-refractivity contribution >= 4 is 27.5 Å². The van der Waals surface area contributed by atoms with Gasteiger partial charge < -0.3 is 9.64 Å². The molecule has 140 valence electrons. The number of carbonyl (C=O) groups is 1. The minimum Gasteiger partial charge on any atom is -0.482 e. The van der Waals surface area contributed by atoms with Crippen molar-refractivity contribution in [3.8, 4) is 5.75 Å². The van der Waals surface area contributed by atoms with Crippen LogP contribution in [-0.2, 0) is 21.4 Å². The van der Waals surface area contributed by atoms with Crippen LogP contribution in [-0.4, -0.2) is 51.3 Å². The largest absolute Gasteiger partial charge is 0.482 e. The summed E-state index contributed by atoms with van der Waals surface area (Å²) in [5.74, 6) is 0.0424. The molecule has 8 heteroatoms. The molecule has 0 heterocycles. The van der Waals surface area contributed by atoms with E-state index in [0.29, 0.717) is 6.54 Å². The molecule has 0 aliphatic heterocycles. The van der Waals surface area contributed by atoms with Crippen molar-refractivity contribution < 1.29 is 17.9 Å². The van der Waals surface area contributed by atoms with Crippen LogP contribution in [0.4, 0.5) is 0 Å². The summed E-state index contributed by atoms with van der Waals surface area (Å²) < 4.78 is 30.7. The lowest BCUT2D eigenvalue weighted by Gasteiger charge is -2.18. The number of ether oxygens (including phenoxy) is 1. The summed E-state index contributed by atoms with van der Waals surface area (Å²) in [5, 5.41) is 0.131. The van der Waals surface area contributed by atoms with Crippen LogP contribution in [0.15, 0.2) is 53.4 Å². The van der Waals surface area contributed by atoms with Gasteiger partial charge in [0, 0.05) is 27.7 Å². The molecule has 0 fully saturated rings. The molecule has 0 spiro atoms. The first-order valence-electron chi connectivity index (χ1n) is 7.84. The summed E-state index contributed by atoms with van der Waals surface area (Å²) >= 11 is 6.10. The molecule has 0 unspecified atom stereocenters. The summed E-state index contributed by atoms with van der Waals surface area (Å²) in [7, 11) is 0.989. The second-order valence-corrected chi connectivity index (χ2v) is 8.46. The molecule has 26 heavy (non-hydrogen) atoms. The molecule has 0 saturated heterocycles. The second-order valence-electron chi connectivity index (χ2n) is 5.90. The Morgan fingerprint density at radius 1 is 1.08 bits per heavy atom. The summed E-state index contributed by atoms with van der Waals surface area (Å²) in [5.41, 5.74) is 1.01. The maximum atomic E-state index is 12.2. The first-order valence-corrected chi connectivity index (χ1v) is 9.66. The highest BCUT2D eigenvalue weighted by Gasteiger charge is 2.19. The zero-order chi connectivity index (χ0) is 19.3. The molecule has 0 aromatic heterocycles. The number of halogens is 1. The molecule has 1 amide bonds. The van der Waals surface area contributed by atoms with E-state index in [9.17, 15) is 13.2 Å². The molecular weight excluding hydrogens is 376 g/mol. The van der Waals surface area contributed by atoms with Crippen LogP contribution in [0, 0.1) is 0 Å². The minimum atomic E-state index is -3.58. The highest BCUT2D eigenvalue weighted by molar-refractivity contribution is 7.89. The lowest BCUT2D eigenvalue weighted by Crippen LogP contribution is -2.31. The van der Waals surface area contributed by atoms with Crippen molar-refractivity contribution in [3.05, 3.63) is 59.1 Å². The Bertz CT molecular complexity index is 870. The smallest absolute Gasteiger partial charge is 0.260 e. The van der Waals surface area contributed by atoms with Crippen molar-refractivity contribution in [2.24, 2.45) is 0 Å². The highest BCUT2D eigenvalue weighted by atomic mass is 35.5. The van der Waals surface area contributed by atoms with Crippen LogP contribution >= 0.6 is 11.6 Å². The van der Waals surface area contributed by atoms with E-state index in [-0.39, 0.29) is 28.2 Å². The molecule has 0 N–H and O–H groups in total. The number of carbonyl (C=O) groups excluding carboxylic acids is 1. The van der Waals surface area contributed by atoms with E-state index in [2.05, 4.69) is 0 Å². The Kier molecular flexibility index (Phi) is 6.63. The molecule has 0 saturated carbocycles. The molecule has 2 rings (SSSR count). The van der Waals surface area contributed by atoms with Gasteiger partial charge in [0.15, 0.2) is 6.61 Å². The Hall–Kier alpha value is -2.09. The predicted octanol–water partition coefficient (Wildman–Crippen LogP) is 2.63. The number of sulfonamides is 1. The van der Waals surface area contributed by atoms with E-state index in [1.54, 1.807) is 11.9 Å². The molecule has 0 aliphatic rings. The van der Waals surface area contributed by atoms with Crippen molar-refractivity contribution in [3.63, 3.8) is 0 Å². The number of amides is 1. The third-order valence-electron chi connectivity index (χ3n) is 3.72. The number of hydrogen-bond acceptors (Lipinski definition) is 4. The Morgan fingerprint density at radius 3 is 2.31 bits per heavy atom. The first kappa shape index (κ1) is 20.2. The van der Waals surface area contributed by atoms with Gasteiger partial charge in [0.1, 0.15) is 5.75 Å². The van der Waals surface area contributed by atoms with Crippen LogP contribution in [0.1, 0.15) is 5.56 Å². The molecule has 0 atom stereocenters. The summed E-state index contributed by atoms with van der Waals surface area (Å²) in [6, 6.07) is 13.8. The average Bonchev–Trinajstić information content (AvgIpc) is 2.60. The average molecular weight is 397 g/mol. The quantitative estimate of drug-likeness (QED) is 0.721. The van der Waals surface area contributed by atoms with Crippen molar-refractivity contribution in [1.29, 1.82) is 0 Å². The van der Waals surface area contributed by atoms with Crippen molar-refractivity contribution in [2.75, 3.05) is 27.7 Å². The summed E-state index contributed by atoms with van der Waals surface area (Å²) in [4.78, 5) is 13.8. The fraction of sp³-hybridized carbons (Fsp3) is 0.278. The Labute approximate surface area is 159 Å². The number of hydrogen-bond donors (Lipinski definition) is 0. The normalized spacial score (nSPS) is 11.4. The second kappa shape index (κ2) is 8.53. The monoisotopic (exact) mass is 396 g/mol. The first-order chi connectivity index (χ1) is 12.2. The minimum absolute atomic E-state index is 0.0624. The van der Waals surface area contributed by atoms with Gasteiger partial charge >= 0.3 is 0 Å². The lowest BCUT2D eigenvalue weighted by atomic mass is 10.2. The Balaban J connectivity index is 2.00. The van der Waals surface area contributed by atoms with E-state index in [0.717, 1.165) is 9.87 Å². The SMILES string of the molecule is CN(Cc1ccccc1)C(=O)COc1ccc(S(=O)(=O)N(C)C)cc1Cl. The van der Waals surface area contributed by atoms with Crippen molar-refractivity contribution in [1.82, 2.24) is 9.21 Å². The van der Waals surface area contributed by atoms with Crippen LogP contribution < -0.4 is 4.74 Å². The third kappa shape index (κ3) is 4.97.